The summed E-state index contributed by atoms with van der Waals surface area (Å²) in [6, 6.07) is 9.28. The van der Waals surface area contributed by atoms with Crippen molar-refractivity contribution in [3.8, 4) is 5.75 Å². The molecule has 2 heteroatoms. The van der Waals surface area contributed by atoms with Crippen molar-refractivity contribution in [1.82, 2.24) is 5.32 Å². The topological polar surface area (TPSA) is 21.3 Å². The van der Waals surface area contributed by atoms with Gasteiger partial charge in [0.1, 0.15) is 5.75 Å². The van der Waals surface area contributed by atoms with Gasteiger partial charge < -0.3 is 10.1 Å². The van der Waals surface area contributed by atoms with Crippen LogP contribution >= 0.6 is 0 Å². The molecule has 118 valence electrons. The lowest BCUT2D eigenvalue weighted by molar-refractivity contribution is 0.289. The Morgan fingerprint density at radius 1 is 1.10 bits per heavy atom. The smallest absolute Gasteiger partial charge is 0.119 e. The molecule has 0 saturated heterocycles. The van der Waals surface area contributed by atoms with Crippen LogP contribution in [0.5, 0.6) is 5.75 Å². The molecule has 2 nitrogen and oxygen atoms in total. The zero-order chi connectivity index (χ0) is 14.9. The second-order valence-electron chi connectivity index (χ2n) is 6.36. The monoisotopic (exact) mass is 289 g/mol. The van der Waals surface area contributed by atoms with Crippen molar-refractivity contribution >= 4 is 0 Å². The van der Waals surface area contributed by atoms with Gasteiger partial charge in [0.15, 0.2) is 0 Å². The molecule has 0 radical (unpaired) electrons. The van der Waals surface area contributed by atoms with Crippen molar-refractivity contribution in [2.45, 2.75) is 70.3 Å². The van der Waals surface area contributed by atoms with Gasteiger partial charge in [-0.1, -0.05) is 51.2 Å². The van der Waals surface area contributed by atoms with Crippen molar-refractivity contribution in [2.24, 2.45) is 0 Å². The van der Waals surface area contributed by atoms with Crippen LogP contribution in [0.25, 0.3) is 0 Å². The number of hydrogen-bond acceptors (Lipinski definition) is 2. The van der Waals surface area contributed by atoms with E-state index >= 15 is 0 Å². The molecule has 1 N–H and O–H groups in total. The fourth-order valence-corrected chi connectivity index (χ4v) is 3.16. The molecule has 0 aromatic heterocycles. The second-order valence-corrected chi connectivity index (χ2v) is 6.36. The van der Waals surface area contributed by atoms with Crippen LogP contribution in [0.2, 0.25) is 0 Å². The first-order valence-electron chi connectivity index (χ1n) is 8.70. The molecule has 0 spiro atoms. The number of rotatable bonds is 10. The average molecular weight is 289 g/mol. The molecule has 0 unspecified atom stereocenters. The summed E-state index contributed by atoms with van der Waals surface area (Å²) in [6.45, 7) is 3.47. The van der Waals surface area contributed by atoms with Crippen LogP contribution in [0.1, 0.15) is 69.8 Å². The van der Waals surface area contributed by atoms with Gasteiger partial charge in [-0.05, 0) is 49.4 Å². The first-order chi connectivity index (χ1) is 10.3. The van der Waals surface area contributed by atoms with Crippen LogP contribution < -0.4 is 10.1 Å². The summed E-state index contributed by atoms with van der Waals surface area (Å²) in [7, 11) is 1.74. The third-order valence-electron chi connectivity index (χ3n) is 4.67. The normalized spacial score (nSPS) is 21.0. The third kappa shape index (κ3) is 5.35. The van der Waals surface area contributed by atoms with Crippen LogP contribution in [0, 0.1) is 0 Å². The van der Waals surface area contributed by atoms with Crippen LogP contribution in [0.4, 0.5) is 0 Å². The molecule has 0 amide bonds. The predicted molar refractivity (Wildman–Crippen MR) is 90.1 cm³/mol. The van der Waals surface area contributed by atoms with E-state index < -0.39 is 0 Å². The first-order valence-corrected chi connectivity index (χ1v) is 8.70. The van der Waals surface area contributed by atoms with Gasteiger partial charge in [-0.3, -0.25) is 0 Å². The van der Waals surface area contributed by atoms with Gasteiger partial charge in [0, 0.05) is 6.04 Å². The molecular weight excluding hydrogens is 258 g/mol. The van der Waals surface area contributed by atoms with E-state index in [0.717, 1.165) is 17.7 Å². The average Bonchev–Trinajstić information content (AvgIpc) is 2.48. The van der Waals surface area contributed by atoms with Gasteiger partial charge in [-0.15, -0.1) is 0 Å². The number of methoxy groups -OCH3 is 1. The summed E-state index contributed by atoms with van der Waals surface area (Å²) < 4.78 is 5.30. The number of ether oxygens (including phenoxy) is 1. The Morgan fingerprint density at radius 2 is 1.86 bits per heavy atom. The van der Waals surface area contributed by atoms with Crippen LogP contribution in [-0.4, -0.2) is 19.7 Å². The number of nitrogens with one attached hydrogen (secondary N) is 1. The molecule has 1 saturated carbocycles. The standard InChI is InChI=1S/C19H31NO/c1-3-4-5-6-7-8-12-20-18-13-17(14-18)16-10-9-11-19(15-16)21-2/h9-11,15,17-18,20H,3-8,12-14H2,1-2H3. The van der Waals surface area contributed by atoms with Crippen LogP contribution in [0.3, 0.4) is 0 Å². The van der Waals surface area contributed by atoms with Crippen LogP contribution in [-0.2, 0) is 0 Å². The number of benzene rings is 1. The predicted octanol–water partition coefficient (Wildman–Crippen LogP) is 4.89. The van der Waals surface area contributed by atoms with E-state index in [1.54, 1.807) is 7.11 Å². The van der Waals surface area contributed by atoms with E-state index in [2.05, 4.69) is 30.4 Å². The van der Waals surface area contributed by atoms with Gasteiger partial charge in [-0.25, -0.2) is 0 Å². The SMILES string of the molecule is CCCCCCCCNC1CC(c2cccc(OC)c2)C1. The highest BCUT2D eigenvalue weighted by molar-refractivity contribution is 5.32. The first kappa shape index (κ1) is 16.4. The summed E-state index contributed by atoms with van der Waals surface area (Å²) in [5.41, 5.74) is 1.44. The lowest BCUT2D eigenvalue weighted by Crippen LogP contribution is -2.40. The molecule has 0 bridgehead atoms. The van der Waals surface area contributed by atoms with Crippen molar-refractivity contribution in [2.75, 3.05) is 13.7 Å². The fraction of sp³-hybridized carbons (Fsp3) is 0.684. The Hall–Kier alpha value is -1.02. The summed E-state index contributed by atoms with van der Waals surface area (Å²) >= 11 is 0. The molecule has 1 aromatic carbocycles. The summed E-state index contributed by atoms with van der Waals surface area (Å²) in [5, 5.41) is 3.71. The van der Waals surface area contributed by atoms with E-state index in [9.17, 15) is 0 Å². The summed E-state index contributed by atoms with van der Waals surface area (Å²) in [6.07, 6.45) is 10.9. The lowest BCUT2D eigenvalue weighted by Gasteiger charge is -2.36. The molecule has 21 heavy (non-hydrogen) atoms. The second kappa shape index (κ2) is 9.09. The molecule has 0 aliphatic heterocycles. The Morgan fingerprint density at radius 3 is 2.62 bits per heavy atom. The zero-order valence-electron chi connectivity index (χ0n) is 13.7. The van der Waals surface area contributed by atoms with E-state index in [0.29, 0.717) is 0 Å². The quantitative estimate of drug-likeness (QED) is 0.619. The van der Waals surface area contributed by atoms with Crippen molar-refractivity contribution in [3.05, 3.63) is 29.8 Å². The maximum absolute atomic E-state index is 5.30. The number of unbranched alkanes of at least 4 members (excludes halogenated alkanes) is 5. The molecule has 1 aromatic rings. The van der Waals surface area contributed by atoms with E-state index in [1.165, 1.54) is 63.5 Å². The van der Waals surface area contributed by atoms with E-state index in [4.69, 9.17) is 4.74 Å². The van der Waals surface area contributed by atoms with E-state index in [-0.39, 0.29) is 0 Å². The summed E-state index contributed by atoms with van der Waals surface area (Å²) in [4.78, 5) is 0. The lowest BCUT2D eigenvalue weighted by atomic mass is 9.76. The molecule has 2 rings (SSSR count). The van der Waals surface area contributed by atoms with E-state index in [1.807, 2.05) is 6.07 Å². The maximum Gasteiger partial charge on any atom is 0.119 e. The highest BCUT2D eigenvalue weighted by Gasteiger charge is 2.29. The molecular formula is C19H31NO. The third-order valence-corrected chi connectivity index (χ3v) is 4.67. The minimum Gasteiger partial charge on any atom is -0.497 e. The maximum atomic E-state index is 5.30. The van der Waals surface area contributed by atoms with Crippen molar-refractivity contribution in [1.29, 1.82) is 0 Å². The Balaban J connectivity index is 1.55. The van der Waals surface area contributed by atoms with Gasteiger partial charge in [0.2, 0.25) is 0 Å². The molecule has 1 aliphatic carbocycles. The van der Waals surface area contributed by atoms with Crippen LogP contribution in [0.15, 0.2) is 24.3 Å². The zero-order valence-corrected chi connectivity index (χ0v) is 13.7. The molecule has 0 heterocycles. The minimum atomic E-state index is 0.724. The van der Waals surface area contributed by atoms with Gasteiger partial charge in [0.05, 0.1) is 7.11 Å². The Labute approximate surface area is 130 Å². The fourth-order valence-electron chi connectivity index (χ4n) is 3.16. The minimum absolute atomic E-state index is 0.724. The highest BCUT2D eigenvalue weighted by atomic mass is 16.5. The summed E-state index contributed by atoms with van der Waals surface area (Å²) in [5.74, 6) is 1.71. The van der Waals surface area contributed by atoms with Crippen molar-refractivity contribution < 1.29 is 4.74 Å². The molecule has 1 aliphatic rings. The van der Waals surface area contributed by atoms with Gasteiger partial charge in [0.25, 0.3) is 0 Å². The number of hydrogen-bond donors (Lipinski definition) is 1. The van der Waals surface area contributed by atoms with Gasteiger partial charge in [-0.2, -0.15) is 0 Å². The van der Waals surface area contributed by atoms with Gasteiger partial charge >= 0.3 is 0 Å². The highest BCUT2D eigenvalue weighted by Crippen LogP contribution is 2.37. The Bertz CT molecular complexity index is 398. The largest absolute Gasteiger partial charge is 0.497 e. The molecule has 1 fully saturated rings. The van der Waals surface area contributed by atoms with Crippen molar-refractivity contribution in [3.63, 3.8) is 0 Å². The Kier molecular flexibility index (Phi) is 7.08. The molecule has 0 atom stereocenters.